The van der Waals surface area contributed by atoms with Crippen molar-refractivity contribution in [3.05, 3.63) is 59.7 Å². The van der Waals surface area contributed by atoms with Crippen molar-refractivity contribution in [3.8, 4) is 11.5 Å². The summed E-state index contributed by atoms with van der Waals surface area (Å²) in [5, 5.41) is 0. The molecule has 0 unspecified atom stereocenters. The third-order valence-electron chi connectivity index (χ3n) is 2.75. The van der Waals surface area contributed by atoms with Crippen molar-refractivity contribution in [2.45, 2.75) is 13.2 Å². The molecule has 0 saturated carbocycles. The molecule has 0 saturated heterocycles. The first-order valence-corrected chi connectivity index (χ1v) is 5.87. The van der Waals surface area contributed by atoms with Gasteiger partial charge in [-0.3, -0.25) is 0 Å². The van der Waals surface area contributed by atoms with Gasteiger partial charge >= 0.3 is 0 Å². The Balaban J connectivity index is 2.02. The number of hydrogen-bond donors (Lipinski definition) is 1. The predicted molar refractivity (Wildman–Crippen MR) is 71.7 cm³/mol. The molecule has 0 atom stereocenters. The molecule has 0 spiro atoms. The van der Waals surface area contributed by atoms with Gasteiger partial charge < -0.3 is 15.2 Å². The molecule has 2 aromatic carbocycles. The van der Waals surface area contributed by atoms with Crippen LogP contribution in [0.2, 0.25) is 0 Å². The van der Waals surface area contributed by atoms with Crippen LogP contribution in [0.1, 0.15) is 11.1 Å². The van der Waals surface area contributed by atoms with E-state index in [1.807, 2.05) is 48.5 Å². The van der Waals surface area contributed by atoms with Gasteiger partial charge in [-0.25, -0.2) is 0 Å². The molecule has 0 aliphatic rings. The average Bonchev–Trinajstić information content (AvgIpc) is 2.46. The number of para-hydroxylation sites is 1. The van der Waals surface area contributed by atoms with Crippen molar-refractivity contribution >= 4 is 0 Å². The van der Waals surface area contributed by atoms with E-state index in [1.54, 1.807) is 7.11 Å². The largest absolute Gasteiger partial charge is 0.497 e. The Morgan fingerprint density at radius 3 is 2.39 bits per heavy atom. The first kappa shape index (κ1) is 12.5. The van der Waals surface area contributed by atoms with Crippen molar-refractivity contribution in [3.63, 3.8) is 0 Å². The molecule has 0 aliphatic carbocycles. The number of hydrogen-bond acceptors (Lipinski definition) is 3. The zero-order valence-electron chi connectivity index (χ0n) is 10.4. The van der Waals surface area contributed by atoms with Gasteiger partial charge in [-0.1, -0.05) is 30.3 Å². The molecule has 0 fully saturated rings. The van der Waals surface area contributed by atoms with Gasteiger partial charge in [0.2, 0.25) is 0 Å². The molecule has 2 rings (SSSR count). The van der Waals surface area contributed by atoms with Crippen molar-refractivity contribution in [1.29, 1.82) is 0 Å². The second-order valence-corrected chi connectivity index (χ2v) is 3.95. The second-order valence-electron chi connectivity index (χ2n) is 3.95. The third kappa shape index (κ3) is 3.02. The Hall–Kier alpha value is -2.00. The van der Waals surface area contributed by atoms with Crippen LogP contribution >= 0.6 is 0 Å². The van der Waals surface area contributed by atoms with Crippen LogP contribution in [0, 0.1) is 0 Å². The molecule has 94 valence electrons. The van der Waals surface area contributed by atoms with Crippen LogP contribution in [-0.4, -0.2) is 7.11 Å². The Kier molecular flexibility index (Phi) is 4.20. The minimum Gasteiger partial charge on any atom is -0.497 e. The smallest absolute Gasteiger partial charge is 0.124 e. The van der Waals surface area contributed by atoms with Gasteiger partial charge in [0.25, 0.3) is 0 Å². The fraction of sp³-hybridized carbons (Fsp3) is 0.200. The van der Waals surface area contributed by atoms with E-state index in [4.69, 9.17) is 15.2 Å². The van der Waals surface area contributed by atoms with Gasteiger partial charge in [-0.2, -0.15) is 0 Å². The SMILES string of the molecule is COc1ccc(COc2ccccc2CN)cc1. The highest BCUT2D eigenvalue weighted by Gasteiger charge is 2.01. The van der Waals surface area contributed by atoms with Crippen LogP contribution in [0.3, 0.4) is 0 Å². The molecule has 0 radical (unpaired) electrons. The predicted octanol–water partition coefficient (Wildman–Crippen LogP) is 2.73. The van der Waals surface area contributed by atoms with E-state index in [0.717, 1.165) is 22.6 Å². The summed E-state index contributed by atoms with van der Waals surface area (Å²) >= 11 is 0. The molecule has 0 aromatic heterocycles. The third-order valence-corrected chi connectivity index (χ3v) is 2.75. The van der Waals surface area contributed by atoms with Gasteiger partial charge in [0.05, 0.1) is 7.11 Å². The van der Waals surface area contributed by atoms with Crippen LogP contribution in [0.25, 0.3) is 0 Å². The Labute approximate surface area is 107 Å². The number of benzene rings is 2. The highest BCUT2D eigenvalue weighted by atomic mass is 16.5. The quantitative estimate of drug-likeness (QED) is 0.878. The van der Waals surface area contributed by atoms with Gasteiger partial charge in [0.1, 0.15) is 18.1 Å². The summed E-state index contributed by atoms with van der Waals surface area (Å²) in [6.07, 6.45) is 0. The molecule has 2 aromatic rings. The number of methoxy groups -OCH3 is 1. The monoisotopic (exact) mass is 243 g/mol. The summed E-state index contributed by atoms with van der Waals surface area (Å²) in [7, 11) is 1.66. The van der Waals surface area contributed by atoms with Gasteiger partial charge in [-0.05, 0) is 23.8 Å². The Morgan fingerprint density at radius 1 is 1.00 bits per heavy atom. The summed E-state index contributed by atoms with van der Waals surface area (Å²) in [5.74, 6) is 1.69. The van der Waals surface area contributed by atoms with Crippen LogP contribution < -0.4 is 15.2 Å². The van der Waals surface area contributed by atoms with E-state index in [0.29, 0.717) is 13.2 Å². The minimum atomic E-state index is 0.485. The first-order chi connectivity index (χ1) is 8.83. The average molecular weight is 243 g/mol. The summed E-state index contributed by atoms with van der Waals surface area (Å²) in [6, 6.07) is 15.6. The summed E-state index contributed by atoms with van der Waals surface area (Å²) < 4.78 is 10.9. The maximum Gasteiger partial charge on any atom is 0.124 e. The molecule has 3 heteroatoms. The normalized spacial score (nSPS) is 10.1. The number of ether oxygens (including phenoxy) is 2. The summed E-state index contributed by atoms with van der Waals surface area (Å²) in [5.41, 5.74) is 7.78. The lowest BCUT2D eigenvalue weighted by Crippen LogP contribution is -2.02. The summed E-state index contributed by atoms with van der Waals surface area (Å²) in [6.45, 7) is 1.01. The molecular formula is C15H17NO2. The molecule has 3 nitrogen and oxygen atoms in total. The molecular weight excluding hydrogens is 226 g/mol. The molecule has 0 amide bonds. The zero-order chi connectivity index (χ0) is 12.8. The summed E-state index contributed by atoms with van der Waals surface area (Å²) in [4.78, 5) is 0. The van der Waals surface area contributed by atoms with E-state index in [1.165, 1.54) is 0 Å². The zero-order valence-corrected chi connectivity index (χ0v) is 10.4. The molecule has 2 N–H and O–H groups in total. The molecule has 18 heavy (non-hydrogen) atoms. The topological polar surface area (TPSA) is 44.5 Å². The Bertz CT molecular complexity index is 494. The second kappa shape index (κ2) is 6.07. The van der Waals surface area contributed by atoms with E-state index >= 15 is 0 Å². The maximum absolute atomic E-state index is 5.77. The van der Waals surface area contributed by atoms with Gasteiger partial charge in [0, 0.05) is 12.1 Å². The van der Waals surface area contributed by atoms with E-state index in [9.17, 15) is 0 Å². The lowest BCUT2D eigenvalue weighted by atomic mass is 10.2. The maximum atomic E-state index is 5.77. The van der Waals surface area contributed by atoms with Gasteiger partial charge in [-0.15, -0.1) is 0 Å². The van der Waals surface area contributed by atoms with E-state index < -0.39 is 0 Å². The fourth-order valence-corrected chi connectivity index (χ4v) is 1.70. The van der Waals surface area contributed by atoms with Crippen molar-refractivity contribution < 1.29 is 9.47 Å². The highest BCUT2D eigenvalue weighted by molar-refractivity contribution is 5.33. The highest BCUT2D eigenvalue weighted by Crippen LogP contribution is 2.19. The number of rotatable bonds is 5. The van der Waals surface area contributed by atoms with Crippen molar-refractivity contribution in [1.82, 2.24) is 0 Å². The number of nitrogens with two attached hydrogens (primary N) is 1. The van der Waals surface area contributed by atoms with E-state index in [-0.39, 0.29) is 0 Å². The van der Waals surface area contributed by atoms with Crippen molar-refractivity contribution in [2.24, 2.45) is 5.73 Å². The van der Waals surface area contributed by atoms with Gasteiger partial charge in [0.15, 0.2) is 0 Å². The molecule has 0 heterocycles. The first-order valence-electron chi connectivity index (χ1n) is 5.87. The minimum absolute atomic E-state index is 0.485. The van der Waals surface area contributed by atoms with Crippen molar-refractivity contribution in [2.75, 3.05) is 7.11 Å². The van der Waals surface area contributed by atoms with Crippen LogP contribution in [-0.2, 0) is 13.2 Å². The molecule has 0 aliphatic heterocycles. The fourth-order valence-electron chi connectivity index (χ4n) is 1.70. The standard InChI is InChI=1S/C15H17NO2/c1-17-14-8-6-12(7-9-14)11-18-15-5-3-2-4-13(15)10-16/h2-9H,10-11,16H2,1H3. The lowest BCUT2D eigenvalue weighted by molar-refractivity contribution is 0.303. The van der Waals surface area contributed by atoms with Crippen LogP contribution in [0.5, 0.6) is 11.5 Å². The van der Waals surface area contributed by atoms with Crippen LogP contribution in [0.15, 0.2) is 48.5 Å². The Morgan fingerprint density at radius 2 is 1.72 bits per heavy atom. The lowest BCUT2D eigenvalue weighted by Gasteiger charge is -2.10. The molecule has 0 bridgehead atoms. The van der Waals surface area contributed by atoms with Crippen LogP contribution in [0.4, 0.5) is 0 Å². The van der Waals surface area contributed by atoms with E-state index in [2.05, 4.69) is 0 Å².